The van der Waals surface area contributed by atoms with Crippen molar-refractivity contribution >= 4 is 17.2 Å². The van der Waals surface area contributed by atoms with Gasteiger partial charge in [0.05, 0.1) is 21.3 Å². The van der Waals surface area contributed by atoms with Crippen LogP contribution in [0.2, 0.25) is 0 Å². The van der Waals surface area contributed by atoms with Crippen LogP contribution in [0.4, 0.5) is 0 Å². The number of carbonyl (C=O) groups excluding carboxylic acids is 1. The lowest BCUT2D eigenvalue weighted by Gasteiger charge is -2.14. The van der Waals surface area contributed by atoms with Gasteiger partial charge >= 0.3 is 0 Å². The van der Waals surface area contributed by atoms with E-state index in [0.29, 0.717) is 29.5 Å². The highest BCUT2D eigenvalue weighted by atomic mass is 32.1. The van der Waals surface area contributed by atoms with Crippen LogP contribution >= 0.6 is 11.3 Å². The Bertz CT molecular complexity index is 942. The maximum Gasteiger partial charge on any atom is 0.271 e. The van der Waals surface area contributed by atoms with E-state index in [1.54, 1.807) is 38.8 Å². The SMILES string of the molecule is COc1cc(CNC(=O)c2csc(-c3ccc(C)cc3)n2)cc(OC)c1OC. The van der Waals surface area contributed by atoms with Gasteiger partial charge in [0.15, 0.2) is 11.5 Å². The van der Waals surface area contributed by atoms with Gasteiger partial charge in [0.25, 0.3) is 5.91 Å². The summed E-state index contributed by atoms with van der Waals surface area (Å²) in [6.07, 6.45) is 0. The highest BCUT2D eigenvalue weighted by Crippen LogP contribution is 2.38. The lowest BCUT2D eigenvalue weighted by Crippen LogP contribution is -2.23. The Morgan fingerprint density at radius 1 is 1.04 bits per heavy atom. The van der Waals surface area contributed by atoms with Crippen LogP contribution < -0.4 is 19.5 Å². The molecule has 0 aliphatic carbocycles. The number of amides is 1. The minimum atomic E-state index is -0.233. The van der Waals surface area contributed by atoms with E-state index >= 15 is 0 Å². The number of hydrogen-bond acceptors (Lipinski definition) is 6. The van der Waals surface area contributed by atoms with Crippen LogP contribution in [0.15, 0.2) is 41.8 Å². The number of rotatable bonds is 7. The monoisotopic (exact) mass is 398 g/mol. The molecule has 0 radical (unpaired) electrons. The van der Waals surface area contributed by atoms with Gasteiger partial charge < -0.3 is 19.5 Å². The number of aromatic nitrogens is 1. The summed E-state index contributed by atoms with van der Waals surface area (Å²) in [7, 11) is 4.67. The van der Waals surface area contributed by atoms with Crippen LogP contribution in [0.5, 0.6) is 17.2 Å². The van der Waals surface area contributed by atoms with Crippen molar-refractivity contribution in [1.29, 1.82) is 0 Å². The topological polar surface area (TPSA) is 69.7 Å². The summed E-state index contributed by atoms with van der Waals surface area (Å²) >= 11 is 1.45. The fraction of sp³-hybridized carbons (Fsp3) is 0.238. The largest absolute Gasteiger partial charge is 0.493 e. The smallest absolute Gasteiger partial charge is 0.271 e. The van der Waals surface area contributed by atoms with Crippen molar-refractivity contribution in [3.05, 3.63) is 58.6 Å². The predicted octanol–water partition coefficient (Wildman–Crippen LogP) is 4.07. The number of aryl methyl sites for hydroxylation is 1. The highest BCUT2D eigenvalue weighted by molar-refractivity contribution is 7.13. The standard InChI is InChI=1S/C21H22N2O4S/c1-13-5-7-15(8-6-13)21-23-16(12-28-21)20(24)22-11-14-9-17(25-2)19(27-4)18(10-14)26-3/h5-10,12H,11H2,1-4H3,(H,22,24). The van der Waals surface area contributed by atoms with Crippen molar-refractivity contribution in [1.82, 2.24) is 10.3 Å². The first-order valence-corrected chi connectivity index (χ1v) is 9.53. The summed E-state index contributed by atoms with van der Waals surface area (Å²) in [5, 5.41) is 5.46. The third-order valence-corrected chi connectivity index (χ3v) is 5.10. The maximum atomic E-state index is 12.5. The molecule has 0 saturated carbocycles. The average Bonchev–Trinajstić information content (AvgIpc) is 3.21. The predicted molar refractivity (Wildman–Crippen MR) is 110 cm³/mol. The Morgan fingerprint density at radius 3 is 2.25 bits per heavy atom. The van der Waals surface area contributed by atoms with E-state index in [0.717, 1.165) is 16.1 Å². The lowest BCUT2D eigenvalue weighted by molar-refractivity contribution is 0.0946. The molecule has 0 spiro atoms. The van der Waals surface area contributed by atoms with Gasteiger partial charge in [-0.25, -0.2) is 4.98 Å². The molecule has 146 valence electrons. The fourth-order valence-electron chi connectivity index (χ4n) is 2.72. The number of nitrogens with one attached hydrogen (secondary N) is 1. The zero-order valence-corrected chi connectivity index (χ0v) is 17.1. The Morgan fingerprint density at radius 2 is 1.68 bits per heavy atom. The molecule has 1 heterocycles. The zero-order valence-electron chi connectivity index (χ0n) is 16.2. The quantitative estimate of drug-likeness (QED) is 0.650. The number of carbonyl (C=O) groups is 1. The van der Waals surface area contributed by atoms with Crippen LogP contribution in [0.3, 0.4) is 0 Å². The van der Waals surface area contributed by atoms with Crippen molar-refractivity contribution in [2.75, 3.05) is 21.3 Å². The summed E-state index contributed by atoms with van der Waals surface area (Å²) in [6, 6.07) is 11.7. The number of ether oxygens (including phenoxy) is 3. The Balaban J connectivity index is 1.71. The third-order valence-electron chi connectivity index (χ3n) is 4.21. The number of hydrogen-bond donors (Lipinski definition) is 1. The van der Waals surface area contributed by atoms with Gasteiger partial charge in [0.2, 0.25) is 5.75 Å². The molecule has 0 aliphatic rings. The van der Waals surface area contributed by atoms with Crippen LogP contribution in [-0.2, 0) is 6.54 Å². The lowest BCUT2D eigenvalue weighted by atomic mass is 10.1. The second kappa shape index (κ2) is 8.75. The molecule has 2 aromatic carbocycles. The molecular weight excluding hydrogens is 376 g/mol. The summed E-state index contributed by atoms with van der Waals surface area (Å²) in [6.45, 7) is 2.35. The van der Waals surface area contributed by atoms with Crippen molar-refractivity contribution in [3.63, 3.8) is 0 Å². The average molecular weight is 398 g/mol. The van der Waals surface area contributed by atoms with Gasteiger partial charge in [0, 0.05) is 17.5 Å². The summed E-state index contributed by atoms with van der Waals surface area (Å²) in [4.78, 5) is 16.9. The molecule has 1 aromatic heterocycles. The van der Waals surface area contributed by atoms with E-state index in [-0.39, 0.29) is 5.91 Å². The number of thiazole rings is 1. The molecule has 0 fully saturated rings. The van der Waals surface area contributed by atoms with E-state index in [1.807, 2.05) is 31.2 Å². The Labute approximate surface area is 168 Å². The second-order valence-corrected chi connectivity index (χ2v) is 6.98. The van der Waals surface area contributed by atoms with E-state index < -0.39 is 0 Å². The molecule has 3 rings (SSSR count). The first-order valence-electron chi connectivity index (χ1n) is 8.65. The van der Waals surface area contributed by atoms with Crippen molar-refractivity contribution in [3.8, 4) is 27.8 Å². The van der Waals surface area contributed by atoms with Crippen molar-refractivity contribution < 1.29 is 19.0 Å². The maximum absolute atomic E-state index is 12.5. The van der Waals surface area contributed by atoms with Crippen LogP contribution in [0.25, 0.3) is 10.6 Å². The molecule has 7 heteroatoms. The summed E-state index contributed by atoms with van der Waals surface area (Å²) in [5.41, 5.74) is 3.41. The first-order chi connectivity index (χ1) is 13.5. The molecule has 1 amide bonds. The molecule has 0 atom stereocenters. The van der Waals surface area contributed by atoms with Crippen LogP contribution in [0.1, 0.15) is 21.6 Å². The minimum absolute atomic E-state index is 0.233. The van der Waals surface area contributed by atoms with Gasteiger partial charge in [-0.1, -0.05) is 29.8 Å². The van der Waals surface area contributed by atoms with Gasteiger partial charge in [-0.3, -0.25) is 4.79 Å². The summed E-state index contributed by atoms with van der Waals surface area (Å²) in [5.74, 6) is 1.37. The molecule has 0 bridgehead atoms. The van der Waals surface area contributed by atoms with Crippen molar-refractivity contribution in [2.45, 2.75) is 13.5 Å². The van der Waals surface area contributed by atoms with E-state index in [1.165, 1.54) is 16.9 Å². The molecule has 28 heavy (non-hydrogen) atoms. The molecule has 0 unspecified atom stereocenters. The van der Waals surface area contributed by atoms with Crippen molar-refractivity contribution in [2.24, 2.45) is 0 Å². The molecule has 0 saturated heterocycles. The number of methoxy groups -OCH3 is 3. The fourth-order valence-corrected chi connectivity index (χ4v) is 3.52. The zero-order chi connectivity index (χ0) is 20.1. The third kappa shape index (κ3) is 4.26. The Kier molecular flexibility index (Phi) is 6.16. The van der Waals surface area contributed by atoms with E-state index in [2.05, 4.69) is 10.3 Å². The van der Waals surface area contributed by atoms with Gasteiger partial charge in [0.1, 0.15) is 10.7 Å². The number of benzene rings is 2. The van der Waals surface area contributed by atoms with E-state index in [4.69, 9.17) is 14.2 Å². The van der Waals surface area contributed by atoms with Crippen LogP contribution in [-0.4, -0.2) is 32.2 Å². The Hall–Kier alpha value is -3.06. The van der Waals surface area contributed by atoms with Gasteiger partial charge in [-0.15, -0.1) is 11.3 Å². The molecule has 3 aromatic rings. The molecular formula is C21H22N2O4S. The second-order valence-electron chi connectivity index (χ2n) is 6.12. The summed E-state index contributed by atoms with van der Waals surface area (Å²) < 4.78 is 16.0. The first kappa shape index (κ1) is 19.7. The molecule has 1 N–H and O–H groups in total. The van der Waals surface area contributed by atoms with Gasteiger partial charge in [-0.2, -0.15) is 0 Å². The van der Waals surface area contributed by atoms with E-state index in [9.17, 15) is 4.79 Å². The molecule has 6 nitrogen and oxygen atoms in total. The normalized spacial score (nSPS) is 10.4. The highest BCUT2D eigenvalue weighted by Gasteiger charge is 2.15. The molecule has 0 aliphatic heterocycles. The number of nitrogens with zero attached hydrogens (tertiary/aromatic N) is 1. The van der Waals surface area contributed by atoms with Crippen LogP contribution in [0, 0.1) is 6.92 Å². The minimum Gasteiger partial charge on any atom is -0.493 e. The van der Waals surface area contributed by atoms with Gasteiger partial charge in [-0.05, 0) is 24.6 Å².